The Morgan fingerprint density at radius 3 is 2.42 bits per heavy atom. The van der Waals surface area contributed by atoms with E-state index in [1.807, 2.05) is 0 Å². The van der Waals surface area contributed by atoms with Gasteiger partial charge in [0.2, 0.25) is 0 Å². The molecule has 0 bridgehead atoms. The van der Waals surface area contributed by atoms with Crippen molar-refractivity contribution in [3.05, 3.63) is 29.3 Å². The number of anilines is 1. The van der Waals surface area contributed by atoms with Crippen LogP contribution in [0.4, 0.5) is 14.5 Å². The zero-order chi connectivity index (χ0) is 13.6. The van der Waals surface area contributed by atoms with Crippen LogP contribution in [-0.2, 0) is 4.79 Å². The summed E-state index contributed by atoms with van der Waals surface area (Å²) in [6.45, 7) is 0.419. The third kappa shape index (κ3) is 1.93. The van der Waals surface area contributed by atoms with E-state index in [9.17, 15) is 18.4 Å². The Morgan fingerprint density at radius 2 is 1.74 bits per heavy atom. The minimum absolute atomic E-state index is 0.0260. The molecule has 1 aromatic carbocycles. The largest absolute Gasteiger partial charge is 0.304 e. The third-order valence-corrected chi connectivity index (χ3v) is 3.93. The average Bonchev–Trinajstić information content (AvgIpc) is 2.96. The van der Waals surface area contributed by atoms with Gasteiger partial charge in [-0.25, -0.2) is 8.78 Å². The molecule has 0 atom stereocenters. The highest BCUT2D eigenvalue weighted by Gasteiger charge is 2.38. The van der Waals surface area contributed by atoms with Crippen molar-refractivity contribution in [1.29, 1.82) is 0 Å². The molecule has 100 valence electrons. The number of hydrogen-bond donors (Lipinski definition) is 0. The standard InChI is InChI=1S/C14H13F2NO2/c15-10-5-9-12(6-11(10)16)17(14(19)13(9)18)7-8-3-1-2-4-8/h5-6,8H,1-4,7H2. The van der Waals surface area contributed by atoms with Crippen LogP contribution in [0.25, 0.3) is 0 Å². The van der Waals surface area contributed by atoms with Crippen molar-refractivity contribution in [2.75, 3.05) is 11.4 Å². The number of fused-ring (bicyclic) bond motifs is 1. The van der Waals surface area contributed by atoms with Crippen molar-refractivity contribution in [1.82, 2.24) is 0 Å². The first-order valence-electron chi connectivity index (χ1n) is 6.43. The second kappa shape index (κ2) is 4.40. The topological polar surface area (TPSA) is 37.4 Å². The Balaban J connectivity index is 1.96. The maximum Gasteiger partial charge on any atom is 0.299 e. The molecule has 0 spiro atoms. The van der Waals surface area contributed by atoms with Crippen LogP contribution < -0.4 is 4.90 Å². The fourth-order valence-corrected chi connectivity index (χ4v) is 2.92. The van der Waals surface area contributed by atoms with Crippen LogP contribution in [0.2, 0.25) is 0 Å². The first kappa shape index (κ1) is 12.3. The minimum Gasteiger partial charge on any atom is -0.304 e. The lowest BCUT2D eigenvalue weighted by molar-refractivity contribution is -0.114. The van der Waals surface area contributed by atoms with E-state index in [-0.39, 0.29) is 11.3 Å². The third-order valence-electron chi connectivity index (χ3n) is 3.93. The number of halogens is 2. The van der Waals surface area contributed by atoms with Gasteiger partial charge in [-0.15, -0.1) is 0 Å². The fraction of sp³-hybridized carbons (Fsp3) is 0.429. The predicted molar refractivity (Wildman–Crippen MR) is 65.0 cm³/mol. The van der Waals surface area contributed by atoms with E-state index in [0.717, 1.165) is 37.8 Å². The number of nitrogens with zero attached hydrogens (tertiary/aromatic N) is 1. The predicted octanol–water partition coefficient (Wildman–Crippen LogP) is 2.68. The normalized spacial score (nSPS) is 19.4. The molecule has 2 aliphatic rings. The summed E-state index contributed by atoms with van der Waals surface area (Å²) in [7, 11) is 0. The van der Waals surface area contributed by atoms with E-state index < -0.39 is 23.3 Å². The van der Waals surface area contributed by atoms with Gasteiger partial charge in [0.15, 0.2) is 11.6 Å². The SMILES string of the molecule is O=C1C(=O)N(CC2CCCC2)c2cc(F)c(F)cc21. The van der Waals surface area contributed by atoms with Crippen molar-refractivity contribution >= 4 is 17.4 Å². The van der Waals surface area contributed by atoms with Gasteiger partial charge in [0.1, 0.15) is 0 Å². The number of rotatable bonds is 2. The number of hydrogen-bond acceptors (Lipinski definition) is 2. The number of carbonyl (C=O) groups excluding carboxylic acids is 2. The molecule has 19 heavy (non-hydrogen) atoms. The summed E-state index contributed by atoms with van der Waals surface area (Å²) in [6.07, 6.45) is 4.25. The molecule has 1 amide bonds. The Bertz CT molecular complexity index is 565. The molecule has 0 unspecified atom stereocenters. The Hall–Kier alpha value is -1.78. The van der Waals surface area contributed by atoms with Gasteiger partial charge in [0.05, 0.1) is 11.3 Å². The van der Waals surface area contributed by atoms with Crippen molar-refractivity contribution in [2.24, 2.45) is 5.92 Å². The zero-order valence-electron chi connectivity index (χ0n) is 10.3. The highest BCUT2D eigenvalue weighted by Crippen LogP contribution is 2.34. The van der Waals surface area contributed by atoms with Crippen molar-refractivity contribution in [3.8, 4) is 0 Å². The van der Waals surface area contributed by atoms with Gasteiger partial charge in [-0.2, -0.15) is 0 Å². The summed E-state index contributed by atoms with van der Waals surface area (Å²) in [4.78, 5) is 25.0. The number of amides is 1. The smallest absolute Gasteiger partial charge is 0.299 e. The van der Waals surface area contributed by atoms with Crippen LogP contribution in [0.5, 0.6) is 0 Å². The summed E-state index contributed by atoms with van der Waals surface area (Å²) >= 11 is 0. The van der Waals surface area contributed by atoms with Crippen molar-refractivity contribution in [2.45, 2.75) is 25.7 Å². The number of ketones is 1. The molecule has 1 fully saturated rings. The molecule has 0 N–H and O–H groups in total. The van der Waals surface area contributed by atoms with Gasteiger partial charge >= 0.3 is 0 Å². The van der Waals surface area contributed by atoms with E-state index >= 15 is 0 Å². The molecule has 1 aliphatic carbocycles. The summed E-state index contributed by atoms with van der Waals surface area (Å²) < 4.78 is 26.4. The van der Waals surface area contributed by atoms with Crippen LogP contribution >= 0.6 is 0 Å². The zero-order valence-corrected chi connectivity index (χ0v) is 10.3. The molecule has 0 aromatic heterocycles. The van der Waals surface area contributed by atoms with Gasteiger partial charge in [-0.3, -0.25) is 9.59 Å². The Morgan fingerprint density at radius 1 is 1.11 bits per heavy atom. The van der Waals surface area contributed by atoms with E-state index in [2.05, 4.69) is 0 Å². The molecule has 1 heterocycles. The number of Topliss-reactive ketones (excluding diaryl/α,β-unsaturated/α-hetero) is 1. The van der Waals surface area contributed by atoms with Crippen LogP contribution in [0.15, 0.2) is 12.1 Å². The van der Waals surface area contributed by atoms with E-state index in [1.54, 1.807) is 0 Å². The maximum absolute atomic E-state index is 13.3. The minimum atomic E-state index is -1.09. The second-order valence-electron chi connectivity index (χ2n) is 5.18. The fourth-order valence-electron chi connectivity index (χ4n) is 2.92. The quantitative estimate of drug-likeness (QED) is 0.771. The van der Waals surface area contributed by atoms with Gasteiger partial charge in [-0.05, 0) is 24.8 Å². The van der Waals surface area contributed by atoms with E-state index in [1.165, 1.54) is 4.90 Å². The van der Waals surface area contributed by atoms with Crippen LogP contribution in [0, 0.1) is 17.6 Å². The summed E-state index contributed by atoms with van der Waals surface area (Å²) in [5, 5.41) is 0. The molecule has 1 aromatic rings. The van der Waals surface area contributed by atoms with Crippen molar-refractivity contribution < 1.29 is 18.4 Å². The van der Waals surface area contributed by atoms with Crippen LogP contribution in [0.1, 0.15) is 36.0 Å². The highest BCUT2D eigenvalue weighted by atomic mass is 19.2. The lowest BCUT2D eigenvalue weighted by Crippen LogP contribution is -2.33. The molecular weight excluding hydrogens is 252 g/mol. The summed E-state index contributed by atoms with van der Waals surface area (Å²) in [6, 6.07) is 1.77. The Kier molecular flexibility index (Phi) is 2.84. The first-order chi connectivity index (χ1) is 9.08. The second-order valence-corrected chi connectivity index (χ2v) is 5.18. The van der Waals surface area contributed by atoms with Crippen molar-refractivity contribution in [3.63, 3.8) is 0 Å². The molecule has 1 saturated carbocycles. The molecule has 1 aliphatic heterocycles. The van der Waals surface area contributed by atoms with Gasteiger partial charge < -0.3 is 4.90 Å². The number of carbonyl (C=O) groups is 2. The summed E-state index contributed by atoms with van der Waals surface area (Å²) in [5.41, 5.74) is 0.183. The van der Waals surface area contributed by atoms with E-state index in [0.29, 0.717) is 12.5 Å². The summed E-state index contributed by atoms with van der Waals surface area (Å²) in [5.74, 6) is -3.20. The molecule has 5 heteroatoms. The first-order valence-corrected chi connectivity index (χ1v) is 6.43. The Labute approximate surface area is 109 Å². The lowest BCUT2D eigenvalue weighted by atomic mass is 10.1. The molecule has 3 rings (SSSR count). The molecule has 0 saturated heterocycles. The highest BCUT2D eigenvalue weighted by molar-refractivity contribution is 6.52. The van der Waals surface area contributed by atoms with Crippen LogP contribution in [0.3, 0.4) is 0 Å². The molecular formula is C14H13F2NO2. The molecule has 0 radical (unpaired) electrons. The average molecular weight is 265 g/mol. The molecule has 3 nitrogen and oxygen atoms in total. The maximum atomic E-state index is 13.3. The number of benzene rings is 1. The van der Waals surface area contributed by atoms with Gasteiger partial charge in [0.25, 0.3) is 11.7 Å². The van der Waals surface area contributed by atoms with E-state index in [4.69, 9.17) is 0 Å². The monoisotopic (exact) mass is 265 g/mol. The van der Waals surface area contributed by atoms with Gasteiger partial charge in [0, 0.05) is 12.6 Å². The van der Waals surface area contributed by atoms with Crippen LogP contribution in [-0.4, -0.2) is 18.2 Å². The van der Waals surface area contributed by atoms with Gasteiger partial charge in [-0.1, -0.05) is 12.8 Å². The lowest BCUT2D eigenvalue weighted by Gasteiger charge is -2.20.